The number of nitro groups is 1. The number of hydrogen-bond donors (Lipinski definition) is 1. The van der Waals surface area contributed by atoms with Gasteiger partial charge < -0.3 is 0 Å². The molecule has 118 valence electrons. The Morgan fingerprint density at radius 3 is 2.55 bits per heavy atom. The predicted octanol–water partition coefficient (Wildman–Crippen LogP) is 2.46. The van der Waals surface area contributed by atoms with Gasteiger partial charge in [0, 0.05) is 23.2 Å². The highest BCUT2D eigenvalue weighted by Gasteiger charge is 2.22. The van der Waals surface area contributed by atoms with Crippen molar-refractivity contribution in [3.05, 3.63) is 49.5 Å². The molecular formula is C13H15N3O4S2. The van der Waals surface area contributed by atoms with Crippen LogP contribution in [0.3, 0.4) is 0 Å². The molecule has 0 aliphatic rings. The Hall–Kier alpha value is -1.84. The molecule has 22 heavy (non-hydrogen) atoms. The molecule has 0 spiro atoms. The van der Waals surface area contributed by atoms with Gasteiger partial charge in [-0.05, 0) is 31.9 Å². The van der Waals surface area contributed by atoms with E-state index < -0.39 is 14.9 Å². The van der Waals surface area contributed by atoms with Crippen molar-refractivity contribution in [2.45, 2.75) is 32.2 Å². The molecule has 0 atom stereocenters. The summed E-state index contributed by atoms with van der Waals surface area (Å²) < 4.78 is 27.2. The quantitative estimate of drug-likeness (QED) is 0.665. The van der Waals surface area contributed by atoms with Crippen molar-refractivity contribution in [2.75, 3.05) is 0 Å². The van der Waals surface area contributed by atoms with Crippen LogP contribution >= 0.6 is 11.3 Å². The fourth-order valence-corrected chi connectivity index (χ4v) is 4.04. The minimum absolute atomic E-state index is 0.0576. The Balaban J connectivity index is 2.34. The summed E-state index contributed by atoms with van der Waals surface area (Å²) in [7, 11) is -3.85. The number of aryl methyl sites for hydroxylation is 2. The van der Waals surface area contributed by atoms with Crippen molar-refractivity contribution in [2.24, 2.45) is 0 Å². The van der Waals surface area contributed by atoms with Crippen molar-refractivity contribution >= 4 is 27.0 Å². The maximum absolute atomic E-state index is 12.4. The fraction of sp³-hybridized carbons (Fsp3) is 0.308. The van der Waals surface area contributed by atoms with E-state index in [1.807, 2.05) is 12.3 Å². The average molecular weight is 341 g/mol. The van der Waals surface area contributed by atoms with Gasteiger partial charge in [-0.3, -0.25) is 10.1 Å². The molecule has 1 aromatic carbocycles. The Labute approximate surface area is 132 Å². The van der Waals surface area contributed by atoms with Gasteiger partial charge in [0.15, 0.2) is 0 Å². The summed E-state index contributed by atoms with van der Waals surface area (Å²) in [6.45, 7) is 5.15. The van der Waals surface area contributed by atoms with Gasteiger partial charge in [0.2, 0.25) is 10.0 Å². The third-order valence-corrected chi connectivity index (χ3v) is 5.68. The van der Waals surface area contributed by atoms with Gasteiger partial charge in [-0.1, -0.05) is 0 Å². The zero-order chi connectivity index (χ0) is 16.5. The smallest absolute Gasteiger partial charge is 0.258 e. The first-order valence-electron chi connectivity index (χ1n) is 6.37. The number of sulfonamides is 1. The summed E-state index contributed by atoms with van der Waals surface area (Å²) in [4.78, 5) is 14.4. The Kier molecular flexibility index (Phi) is 4.59. The van der Waals surface area contributed by atoms with Gasteiger partial charge in [-0.2, -0.15) is 0 Å². The summed E-state index contributed by atoms with van der Waals surface area (Å²) >= 11 is 1.35. The topological polar surface area (TPSA) is 102 Å². The number of nitro benzene ring substituents is 1. The Morgan fingerprint density at radius 2 is 2.00 bits per heavy atom. The molecule has 7 nitrogen and oxygen atoms in total. The number of nitrogens with one attached hydrogen (secondary N) is 1. The molecule has 0 amide bonds. The molecule has 9 heteroatoms. The van der Waals surface area contributed by atoms with Crippen LogP contribution < -0.4 is 4.72 Å². The van der Waals surface area contributed by atoms with Gasteiger partial charge >= 0.3 is 0 Å². The molecule has 0 bridgehead atoms. The predicted molar refractivity (Wildman–Crippen MR) is 83.4 cm³/mol. The maximum atomic E-state index is 12.4. The lowest BCUT2D eigenvalue weighted by atomic mass is 10.1. The molecule has 0 fully saturated rings. The molecule has 0 radical (unpaired) electrons. The first-order chi connectivity index (χ1) is 10.2. The highest BCUT2D eigenvalue weighted by molar-refractivity contribution is 7.89. The van der Waals surface area contributed by atoms with E-state index in [1.54, 1.807) is 13.8 Å². The van der Waals surface area contributed by atoms with E-state index >= 15 is 0 Å². The molecule has 0 unspecified atom stereocenters. The maximum Gasteiger partial charge on any atom is 0.271 e. The van der Waals surface area contributed by atoms with Crippen molar-refractivity contribution < 1.29 is 13.3 Å². The summed E-state index contributed by atoms with van der Waals surface area (Å²) in [5.41, 5.74) is 1.63. The van der Waals surface area contributed by atoms with Crippen molar-refractivity contribution in [3.63, 3.8) is 0 Å². The summed E-state index contributed by atoms with van der Waals surface area (Å²) in [6, 6.07) is 2.44. The van der Waals surface area contributed by atoms with Crippen molar-refractivity contribution in [1.29, 1.82) is 0 Å². The third kappa shape index (κ3) is 3.49. The number of hydrogen-bond acceptors (Lipinski definition) is 6. The zero-order valence-corrected chi connectivity index (χ0v) is 13.9. The Bertz CT molecular complexity index is 828. The highest BCUT2D eigenvalue weighted by atomic mass is 32.2. The lowest BCUT2D eigenvalue weighted by Crippen LogP contribution is -2.24. The monoisotopic (exact) mass is 341 g/mol. The number of rotatable bonds is 5. The fourth-order valence-electron chi connectivity index (χ4n) is 1.91. The van der Waals surface area contributed by atoms with Gasteiger partial charge in [-0.15, -0.1) is 11.3 Å². The van der Waals surface area contributed by atoms with Crippen LogP contribution in [0.25, 0.3) is 0 Å². The van der Waals surface area contributed by atoms with E-state index in [9.17, 15) is 18.5 Å². The van der Waals surface area contributed by atoms with Crippen LogP contribution in [0.1, 0.15) is 21.8 Å². The van der Waals surface area contributed by atoms with Crippen LogP contribution in [0.15, 0.2) is 22.4 Å². The summed E-state index contributed by atoms with van der Waals surface area (Å²) in [5, 5.41) is 13.4. The number of benzene rings is 1. The molecule has 1 N–H and O–H groups in total. The summed E-state index contributed by atoms with van der Waals surface area (Å²) in [6.07, 6.45) is 0. The number of aromatic nitrogens is 1. The van der Waals surface area contributed by atoms with E-state index in [0.29, 0.717) is 16.1 Å². The lowest BCUT2D eigenvalue weighted by molar-refractivity contribution is -0.385. The van der Waals surface area contributed by atoms with Crippen LogP contribution in [0, 0.1) is 30.9 Å². The lowest BCUT2D eigenvalue weighted by Gasteiger charge is -2.10. The minimum Gasteiger partial charge on any atom is -0.258 e. The van der Waals surface area contributed by atoms with Gasteiger partial charge in [0.05, 0.1) is 16.4 Å². The van der Waals surface area contributed by atoms with E-state index in [0.717, 1.165) is 11.8 Å². The molecule has 2 aromatic rings. The Morgan fingerprint density at radius 1 is 1.32 bits per heavy atom. The van der Waals surface area contributed by atoms with Gasteiger partial charge in [-0.25, -0.2) is 18.1 Å². The zero-order valence-electron chi connectivity index (χ0n) is 12.3. The molecule has 1 aromatic heterocycles. The van der Waals surface area contributed by atoms with Crippen LogP contribution in [0.4, 0.5) is 5.69 Å². The molecule has 0 saturated carbocycles. The van der Waals surface area contributed by atoms with Crippen molar-refractivity contribution in [3.8, 4) is 0 Å². The normalized spacial score (nSPS) is 11.6. The van der Waals surface area contributed by atoms with Crippen LogP contribution in [0.5, 0.6) is 0 Å². The molecule has 2 rings (SSSR count). The second-order valence-corrected chi connectivity index (χ2v) is 7.53. The van der Waals surface area contributed by atoms with Gasteiger partial charge in [0.25, 0.3) is 5.69 Å². The number of nitrogens with zero attached hydrogens (tertiary/aromatic N) is 2. The van der Waals surface area contributed by atoms with E-state index in [1.165, 1.54) is 17.4 Å². The van der Waals surface area contributed by atoms with Crippen LogP contribution in [0.2, 0.25) is 0 Å². The first kappa shape index (κ1) is 16.5. The second kappa shape index (κ2) is 6.11. The van der Waals surface area contributed by atoms with E-state index in [4.69, 9.17) is 0 Å². The molecule has 0 saturated heterocycles. The molecule has 1 heterocycles. The van der Waals surface area contributed by atoms with Crippen LogP contribution in [-0.2, 0) is 16.6 Å². The first-order valence-corrected chi connectivity index (χ1v) is 8.73. The third-order valence-electron chi connectivity index (χ3n) is 3.18. The average Bonchev–Trinajstić information content (AvgIpc) is 2.85. The largest absolute Gasteiger partial charge is 0.271 e. The SMILES string of the molecule is Cc1csc(CNS(=O)(=O)c2cc([N+](=O)[O-])cc(C)c2C)n1. The standard InChI is InChI=1S/C13H15N3O4S2/c1-8-4-11(16(17)18)5-12(10(8)3)22(19,20)14-6-13-15-9(2)7-21-13/h4-5,7,14H,6H2,1-3H3. The van der Waals surface area contributed by atoms with Crippen molar-refractivity contribution in [1.82, 2.24) is 9.71 Å². The summed E-state index contributed by atoms with van der Waals surface area (Å²) in [5.74, 6) is 0. The van der Waals surface area contributed by atoms with E-state index in [-0.39, 0.29) is 17.1 Å². The van der Waals surface area contributed by atoms with Gasteiger partial charge in [0.1, 0.15) is 5.01 Å². The van der Waals surface area contributed by atoms with Crippen LogP contribution in [-0.4, -0.2) is 18.3 Å². The minimum atomic E-state index is -3.85. The highest BCUT2D eigenvalue weighted by Crippen LogP contribution is 2.25. The molecule has 0 aliphatic carbocycles. The number of non-ortho nitro benzene ring substituents is 1. The molecule has 0 aliphatic heterocycles. The second-order valence-electron chi connectivity index (χ2n) is 4.85. The molecular weight excluding hydrogens is 326 g/mol. The van der Waals surface area contributed by atoms with E-state index in [2.05, 4.69) is 9.71 Å². The number of thiazole rings is 1.